The van der Waals surface area contributed by atoms with Crippen LogP contribution in [0.3, 0.4) is 0 Å². The van der Waals surface area contributed by atoms with Crippen LogP contribution in [0.4, 0.5) is 0 Å². The summed E-state index contributed by atoms with van der Waals surface area (Å²) in [5.74, 6) is -0.748. The van der Waals surface area contributed by atoms with Crippen LogP contribution in [0.15, 0.2) is 54.6 Å². The van der Waals surface area contributed by atoms with E-state index in [4.69, 9.17) is 46.4 Å². The van der Waals surface area contributed by atoms with Crippen molar-refractivity contribution in [1.29, 1.82) is 0 Å². The summed E-state index contributed by atoms with van der Waals surface area (Å²) in [5.41, 5.74) is -0.209. The summed E-state index contributed by atoms with van der Waals surface area (Å²) in [6.45, 7) is 0. The standard InChI is InChI=1S/C19H12Cl4O5S/c20-12-3-1-2-10(6-12)19(29(26,27)28,11-4-5-17(24)15(22)7-11)13-8-18(25)16(23)9-14(13)21/h1-9,24-25H,(H,26,27,28). The summed E-state index contributed by atoms with van der Waals surface area (Å²) < 4.78 is 34.0. The Balaban J connectivity index is 2.58. The molecule has 0 aromatic heterocycles. The van der Waals surface area contributed by atoms with Crippen LogP contribution in [-0.4, -0.2) is 23.2 Å². The number of hydrogen-bond acceptors (Lipinski definition) is 4. The molecule has 1 unspecified atom stereocenters. The van der Waals surface area contributed by atoms with E-state index >= 15 is 0 Å². The Morgan fingerprint density at radius 1 is 0.724 bits per heavy atom. The molecule has 0 spiro atoms. The van der Waals surface area contributed by atoms with Crippen LogP contribution in [0.25, 0.3) is 0 Å². The highest BCUT2D eigenvalue weighted by molar-refractivity contribution is 7.87. The quantitative estimate of drug-likeness (QED) is 0.311. The molecule has 29 heavy (non-hydrogen) atoms. The first-order chi connectivity index (χ1) is 13.5. The second-order valence-electron chi connectivity index (χ2n) is 6.12. The second-order valence-corrected chi connectivity index (χ2v) is 9.34. The van der Waals surface area contributed by atoms with Crippen molar-refractivity contribution in [3.8, 4) is 11.5 Å². The SMILES string of the molecule is O=S(=O)(O)C(c1cccc(Cl)c1)(c1ccc(O)c(Cl)c1)c1cc(O)c(Cl)cc1Cl. The van der Waals surface area contributed by atoms with Crippen LogP contribution in [-0.2, 0) is 14.9 Å². The largest absolute Gasteiger partial charge is 0.506 e. The topological polar surface area (TPSA) is 94.8 Å². The molecule has 0 aliphatic rings. The monoisotopic (exact) mass is 492 g/mol. The third kappa shape index (κ3) is 3.77. The highest BCUT2D eigenvalue weighted by Gasteiger charge is 2.50. The van der Waals surface area contributed by atoms with Crippen molar-refractivity contribution in [3.05, 3.63) is 91.4 Å². The van der Waals surface area contributed by atoms with Crippen molar-refractivity contribution in [1.82, 2.24) is 0 Å². The Labute approximate surface area is 186 Å². The fourth-order valence-electron chi connectivity index (χ4n) is 3.16. The van der Waals surface area contributed by atoms with Gasteiger partial charge in [0.2, 0.25) is 0 Å². The van der Waals surface area contributed by atoms with Gasteiger partial charge in [-0.25, -0.2) is 0 Å². The van der Waals surface area contributed by atoms with E-state index in [1.54, 1.807) is 0 Å². The van der Waals surface area contributed by atoms with Gasteiger partial charge in [0.15, 0.2) is 4.75 Å². The Hall–Kier alpha value is -1.67. The molecule has 0 fully saturated rings. The van der Waals surface area contributed by atoms with Crippen molar-refractivity contribution in [2.24, 2.45) is 0 Å². The van der Waals surface area contributed by atoms with Gasteiger partial charge >= 0.3 is 0 Å². The molecule has 0 heterocycles. The van der Waals surface area contributed by atoms with Gasteiger partial charge in [-0.05, 0) is 47.5 Å². The third-order valence-electron chi connectivity index (χ3n) is 4.39. The first-order valence-electron chi connectivity index (χ1n) is 7.89. The minimum atomic E-state index is -5.02. The van der Waals surface area contributed by atoms with Gasteiger partial charge in [0, 0.05) is 15.6 Å². The van der Waals surface area contributed by atoms with Gasteiger partial charge in [0.05, 0.1) is 10.0 Å². The average molecular weight is 494 g/mol. The van der Waals surface area contributed by atoms with Crippen LogP contribution in [0.5, 0.6) is 11.5 Å². The smallest absolute Gasteiger partial charge is 0.283 e. The predicted octanol–water partition coefficient (Wildman–Crippen LogP) is 5.89. The van der Waals surface area contributed by atoms with Crippen LogP contribution < -0.4 is 0 Å². The average Bonchev–Trinajstić information content (AvgIpc) is 2.62. The van der Waals surface area contributed by atoms with Crippen molar-refractivity contribution >= 4 is 56.5 Å². The van der Waals surface area contributed by atoms with E-state index in [-0.39, 0.29) is 42.5 Å². The Morgan fingerprint density at radius 3 is 1.93 bits per heavy atom. The normalized spacial score (nSPS) is 13.8. The summed E-state index contributed by atoms with van der Waals surface area (Å²) in [6.07, 6.45) is 0. The number of benzene rings is 3. The summed E-state index contributed by atoms with van der Waals surface area (Å²) in [5, 5.41) is 19.7. The molecule has 1 atom stereocenters. The maximum Gasteiger partial charge on any atom is 0.283 e. The fraction of sp³-hybridized carbons (Fsp3) is 0.0526. The maximum absolute atomic E-state index is 12.9. The van der Waals surface area contributed by atoms with Crippen LogP contribution >= 0.6 is 46.4 Å². The molecule has 152 valence electrons. The summed E-state index contributed by atoms with van der Waals surface area (Å²) in [4.78, 5) is 0. The zero-order valence-corrected chi connectivity index (χ0v) is 18.1. The Morgan fingerprint density at radius 2 is 1.34 bits per heavy atom. The van der Waals surface area contributed by atoms with E-state index in [9.17, 15) is 23.2 Å². The first-order valence-corrected chi connectivity index (χ1v) is 10.8. The minimum Gasteiger partial charge on any atom is -0.506 e. The zero-order valence-electron chi connectivity index (χ0n) is 14.3. The highest BCUT2D eigenvalue weighted by atomic mass is 35.5. The van der Waals surface area contributed by atoms with Crippen molar-refractivity contribution in [3.63, 3.8) is 0 Å². The van der Waals surface area contributed by atoms with E-state index < -0.39 is 20.6 Å². The number of halogens is 4. The summed E-state index contributed by atoms with van der Waals surface area (Å²) >= 11 is 24.3. The van der Waals surface area contributed by atoms with Crippen LogP contribution in [0.1, 0.15) is 16.7 Å². The lowest BCUT2D eigenvalue weighted by atomic mass is 9.83. The number of phenolic OH excluding ortho intramolecular Hbond substituents is 2. The molecule has 5 nitrogen and oxygen atoms in total. The summed E-state index contributed by atoms with van der Waals surface area (Å²) in [7, 11) is -5.02. The highest BCUT2D eigenvalue weighted by Crippen LogP contribution is 2.49. The lowest BCUT2D eigenvalue weighted by molar-refractivity contribution is 0.455. The molecule has 0 bridgehead atoms. The van der Waals surface area contributed by atoms with Gasteiger partial charge in [0.25, 0.3) is 10.1 Å². The van der Waals surface area contributed by atoms with Crippen LogP contribution in [0, 0.1) is 0 Å². The van der Waals surface area contributed by atoms with Gasteiger partial charge in [-0.1, -0.05) is 64.6 Å². The van der Waals surface area contributed by atoms with E-state index in [0.717, 1.165) is 12.1 Å². The number of aromatic hydroxyl groups is 2. The fourth-order valence-corrected chi connectivity index (χ4v) is 5.40. The van der Waals surface area contributed by atoms with Crippen LogP contribution in [0.2, 0.25) is 20.1 Å². The van der Waals surface area contributed by atoms with Crippen molar-refractivity contribution in [2.75, 3.05) is 0 Å². The van der Waals surface area contributed by atoms with Crippen molar-refractivity contribution in [2.45, 2.75) is 4.75 Å². The molecule has 3 aromatic rings. The minimum absolute atomic E-state index is 0.0258. The number of phenols is 2. The van der Waals surface area contributed by atoms with Gasteiger partial charge in [-0.2, -0.15) is 8.42 Å². The van der Waals surface area contributed by atoms with Gasteiger partial charge < -0.3 is 10.2 Å². The molecular weight excluding hydrogens is 482 g/mol. The summed E-state index contributed by atoms with van der Waals surface area (Å²) in [6, 6.07) is 11.6. The van der Waals surface area contributed by atoms with E-state index in [1.807, 2.05) is 0 Å². The predicted molar refractivity (Wildman–Crippen MR) is 114 cm³/mol. The molecule has 3 rings (SSSR count). The molecule has 0 saturated heterocycles. The van der Waals surface area contributed by atoms with E-state index in [2.05, 4.69) is 0 Å². The zero-order chi connectivity index (χ0) is 21.6. The second kappa shape index (κ2) is 7.87. The van der Waals surface area contributed by atoms with Gasteiger partial charge in [-0.3, -0.25) is 4.55 Å². The molecule has 0 amide bonds. The van der Waals surface area contributed by atoms with Crippen molar-refractivity contribution < 1.29 is 23.2 Å². The molecule has 3 aromatic carbocycles. The molecule has 0 aliphatic carbocycles. The Kier molecular flexibility index (Phi) is 5.98. The maximum atomic E-state index is 12.9. The number of rotatable bonds is 4. The van der Waals surface area contributed by atoms with Gasteiger partial charge in [0.1, 0.15) is 11.5 Å². The Bertz CT molecular complexity index is 1210. The van der Waals surface area contributed by atoms with Gasteiger partial charge in [-0.15, -0.1) is 0 Å². The molecular formula is C19H12Cl4O5S. The van der Waals surface area contributed by atoms with E-state index in [0.29, 0.717) is 0 Å². The molecule has 3 N–H and O–H groups in total. The molecule has 0 aliphatic heterocycles. The number of hydrogen-bond donors (Lipinski definition) is 3. The lowest BCUT2D eigenvalue weighted by Gasteiger charge is -2.33. The first kappa shape index (κ1) is 22.0. The molecule has 10 heteroatoms. The van der Waals surface area contributed by atoms with E-state index in [1.165, 1.54) is 42.5 Å². The molecule has 0 radical (unpaired) electrons. The third-order valence-corrected chi connectivity index (χ3v) is 7.01. The molecule has 0 saturated carbocycles. The lowest BCUT2D eigenvalue weighted by Crippen LogP contribution is -2.38.